The second-order valence-corrected chi connectivity index (χ2v) is 27.7. The third-order valence-electron chi connectivity index (χ3n) is 17.9. The zero-order valence-electron chi connectivity index (χ0n) is 58.1. The van der Waals surface area contributed by atoms with E-state index in [1.807, 2.05) is 21.1 Å². The molecule has 85 heavy (non-hydrogen) atoms. The minimum Gasteiger partial charge on any atom is -0.477 e. The minimum absolute atomic E-state index is 0.172. The van der Waals surface area contributed by atoms with E-state index in [9.17, 15) is 19.5 Å². The van der Waals surface area contributed by atoms with Gasteiger partial charge in [-0.05, 0) is 12.8 Å². The number of aliphatic carboxylic acids is 1. The predicted molar refractivity (Wildman–Crippen MR) is 365 cm³/mol. The fraction of sp³-hybridized carbons (Fsp3) is 0.961. The van der Waals surface area contributed by atoms with Gasteiger partial charge >= 0.3 is 17.9 Å². The molecule has 0 aromatic heterocycles. The molecule has 0 amide bonds. The molecule has 9 heteroatoms. The van der Waals surface area contributed by atoms with Crippen LogP contribution in [0.1, 0.15) is 412 Å². The Morgan fingerprint density at radius 3 is 0.753 bits per heavy atom. The van der Waals surface area contributed by atoms with Crippen molar-refractivity contribution in [1.29, 1.82) is 0 Å². The van der Waals surface area contributed by atoms with E-state index < -0.39 is 18.4 Å². The molecule has 2 atom stereocenters. The second kappa shape index (κ2) is 68.2. The Morgan fingerprint density at radius 1 is 0.306 bits per heavy atom. The Morgan fingerprint density at radius 2 is 0.529 bits per heavy atom. The van der Waals surface area contributed by atoms with E-state index >= 15 is 0 Å². The average molecular weight is 1210 g/mol. The molecule has 0 aliphatic carbocycles. The summed E-state index contributed by atoms with van der Waals surface area (Å²) in [6.07, 6.45) is 79.8. The molecular formula is C76H150NO8+. The standard InChI is InChI=1S/C76H149NO8/c1-6-8-10-12-14-16-18-20-22-24-26-28-29-30-31-32-33-34-35-36-37-38-39-40-41-42-43-44-45-46-47-49-51-53-55-57-59-61-63-65-67-74(79)85-72(71-84-76(75(80)81)82-69-68-77(3,4)5)70-83-73(78)66-64-62-60-58-56-54-52-50-48-27-25-23-21-19-17-15-13-11-9-7-2/h72,76H,6-71H2,1-5H3/p+1. The van der Waals surface area contributed by atoms with E-state index in [1.165, 1.54) is 347 Å². The van der Waals surface area contributed by atoms with Gasteiger partial charge in [0.05, 0.1) is 34.4 Å². The zero-order valence-corrected chi connectivity index (χ0v) is 58.1. The molecule has 2 unspecified atom stereocenters. The van der Waals surface area contributed by atoms with Gasteiger partial charge in [0, 0.05) is 12.8 Å². The van der Waals surface area contributed by atoms with E-state index in [0.717, 1.165) is 38.5 Å². The molecule has 9 nitrogen and oxygen atoms in total. The van der Waals surface area contributed by atoms with Crippen molar-refractivity contribution in [2.24, 2.45) is 0 Å². The number of quaternary nitrogens is 1. The monoisotopic (exact) mass is 1210 g/mol. The number of rotatable bonds is 73. The topological polar surface area (TPSA) is 108 Å². The molecule has 0 aliphatic rings. The maximum atomic E-state index is 13.0. The third kappa shape index (κ3) is 69.6. The maximum absolute atomic E-state index is 13.0. The summed E-state index contributed by atoms with van der Waals surface area (Å²) in [5.41, 5.74) is 0. The summed E-state index contributed by atoms with van der Waals surface area (Å²) in [4.78, 5) is 37.6. The SMILES string of the molecule is CCCCCCCCCCCCCCCCCCCCCCCCCCCCCCCCCCCCCCCCCCC(=O)OC(COC(=O)CCCCCCCCCCCCCCCCCCCCCC)COC(OCC[N+](C)(C)C)C(=O)O. The van der Waals surface area contributed by atoms with Crippen LogP contribution in [-0.4, -0.2) is 87.4 Å². The summed E-state index contributed by atoms with van der Waals surface area (Å²) in [5.74, 6) is -1.96. The number of carboxylic acids is 1. The van der Waals surface area contributed by atoms with E-state index in [0.29, 0.717) is 17.4 Å². The summed E-state index contributed by atoms with van der Waals surface area (Å²) in [6.45, 7) is 4.97. The van der Waals surface area contributed by atoms with Gasteiger partial charge in [0.15, 0.2) is 6.10 Å². The lowest BCUT2D eigenvalue weighted by Crippen LogP contribution is -2.40. The lowest BCUT2D eigenvalue weighted by Gasteiger charge is -2.25. The third-order valence-corrected chi connectivity index (χ3v) is 17.9. The van der Waals surface area contributed by atoms with Gasteiger partial charge in [0.1, 0.15) is 13.2 Å². The molecule has 1 N–H and O–H groups in total. The Balaban J connectivity index is 3.90. The van der Waals surface area contributed by atoms with Gasteiger partial charge in [-0.2, -0.15) is 0 Å². The number of ether oxygens (including phenoxy) is 4. The summed E-state index contributed by atoms with van der Waals surface area (Å²) in [6, 6.07) is 0. The first kappa shape index (κ1) is 83.3. The second-order valence-electron chi connectivity index (χ2n) is 27.7. The first-order valence-corrected chi connectivity index (χ1v) is 38.2. The fourth-order valence-electron chi connectivity index (χ4n) is 12.0. The van der Waals surface area contributed by atoms with Gasteiger partial charge < -0.3 is 28.5 Å². The number of likely N-dealkylation sites (N-methyl/N-ethyl adjacent to an activating group) is 1. The zero-order chi connectivity index (χ0) is 61.9. The Kier molecular flexibility index (Phi) is 66.8. The molecule has 0 rings (SSSR count). The van der Waals surface area contributed by atoms with Crippen LogP contribution in [0.4, 0.5) is 0 Å². The van der Waals surface area contributed by atoms with Crippen LogP contribution in [0.3, 0.4) is 0 Å². The van der Waals surface area contributed by atoms with Crippen molar-refractivity contribution in [3.05, 3.63) is 0 Å². The van der Waals surface area contributed by atoms with Gasteiger partial charge in [-0.15, -0.1) is 0 Å². The summed E-state index contributed by atoms with van der Waals surface area (Å²) < 4.78 is 23.0. The van der Waals surface area contributed by atoms with Gasteiger partial charge in [-0.3, -0.25) is 9.59 Å². The van der Waals surface area contributed by atoms with Crippen LogP contribution < -0.4 is 0 Å². The van der Waals surface area contributed by atoms with Crippen molar-refractivity contribution in [2.75, 3.05) is 47.5 Å². The van der Waals surface area contributed by atoms with Gasteiger partial charge in [-0.25, -0.2) is 4.79 Å². The molecule has 506 valence electrons. The highest BCUT2D eigenvalue weighted by atomic mass is 16.7. The quantitative estimate of drug-likeness (QED) is 0.0278. The van der Waals surface area contributed by atoms with Crippen LogP contribution in [0.25, 0.3) is 0 Å². The van der Waals surface area contributed by atoms with E-state index in [2.05, 4.69) is 13.8 Å². The van der Waals surface area contributed by atoms with Crippen LogP contribution in [0.15, 0.2) is 0 Å². The molecule has 0 bridgehead atoms. The Hall–Kier alpha value is -1.71. The lowest BCUT2D eigenvalue weighted by molar-refractivity contribution is -0.870. The van der Waals surface area contributed by atoms with E-state index in [1.54, 1.807) is 0 Å². The van der Waals surface area contributed by atoms with E-state index in [-0.39, 0.29) is 38.2 Å². The van der Waals surface area contributed by atoms with Crippen LogP contribution in [0.5, 0.6) is 0 Å². The number of nitrogens with zero attached hydrogens (tertiary/aromatic N) is 1. The number of carboxylic acid groups (broad SMARTS) is 1. The van der Waals surface area contributed by atoms with Crippen LogP contribution >= 0.6 is 0 Å². The molecule has 0 spiro atoms. The van der Waals surface area contributed by atoms with Gasteiger partial charge in [0.2, 0.25) is 0 Å². The van der Waals surface area contributed by atoms with E-state index in [4.69, 9.17) is 18.9 Å². The fourth-order valence-corrected chi connectivity index (χ4v) is 12.0. The smallest absolute Gasteiger partial charge is 0.361 e. The molecule has 0 radical (unpaired) electrons. The molecule has 0 aromatic rings. The molecule has 0 fully saturated rings. The summed E-state index contributed by atoms with van der Waals surface area (Å²) in [5, 5.41) is 9.75. The van der Waals surface area contributed by atoms with Crippen LogP contribution in [0.2, 0.25) is 0 Å². The number of esters is 2. The maximum Gasteiger partial charge on any atom is 0.361 e. The highest BCUT2D eigenvalue weighted by Crippen LogP contribution is 2.20. The number of carbonyl (C=O) groups is 3. The van der Waals surface area contributed by atoms with Crippen LogP contribution in [0, 0.1) is 0 Å². The lowest BCUT2D eigenvalue weighted by atomic mass is 10.0. The molecule has 0 heterocycles. The number of carbonyl (C=O) groups excluding carboxylic acids is 2. The molecule has 0 saturated heterocycles. The van der Waals surface area contributed by atoms with Gasteiger partial charge in [-0.1, -0.05) is 386 Å². The van der Waals surface area contributed by atoms with Crippen molar-refractivity contribution in [1.82, 2.24) is 0 Å². The first-order valence-electron chi connectivity index (χ1n) is 38.2. The predicted octanol–water partition coefficient (Wildman–Crippen LogP) is 23.8. The molecule has 0 saturated carbocycles. The normalized spacial score (nSPS) is 12.5. The number of hydrogen-bond acceptors (Lipinski definition) is 7. The largest absolute Gasteiger partial charge is 0.477 e. The highest BCUT2D eigenvalue weighted by Gasteiger charge is 2.25. The minimum atomic E-state index is -1.50. The van der Waals surface area contributed by atoms with Crippen molar-refractivity contribution >= 4 is 17.9 Å². The Bertz CT molecular complexity index is 1350. The van der Waals surface area contributed by atoms with Crippen molar-refractivity contribution in [2.45, 2.75) is 424 Å². The summed E-state index contributed by atoms with van der Waals surface area (Å²) >= 11 is 0. The molecule has 0 aliphatic heterocycles. The van der Waals surface area contributed by atoms with Gasteiger partial charge in [0.25, 0.3) is 6.29 Å². The number of unbranched alkanes of at least 4 members (excludes halogenated alkanes) is 58. The van der Waals surface area contributed by atoms with Crippen molar-refractivity contribution in [3.8, 4) is 0 Å². The van der Waals surface area contributed by atoms with Crippen molar-refractivity contribution in [3.63, 3.8) is 0 Å². The van der Waals surface area contributed by atoms with Crippen molar-refractivity contribution < 1.29 is 42.9 Å². The Labute approximate surface area is 530 Å². The first-order chi connectivity index (χ1) is 41.6. The van der Waals surface area contributed by atoms with Crippen LogP contribution in [-0.2, 0) is 33.3 Å². The average Bonchev–Trinajstić information content (AvgIpc) is 3.48. The summed E-state index contributed by atoms with van der Waals surface area (Å²) in [7, 11) is 6.00. The number of hydrogen-bond donors (Lipinski definition) is 1. The highest BCUT2D eigenvalue weighted by molar-refractivity contribution is 5.71. The molecular weight excluding hydrogens is 1050 g/mol. The molecule has 0 aromatic carbocycles.